The van der Waals surface area contributed by atoms with Crippen molar-refractivity contribution in [1.82, 2.24) is 15.2 Å². The third kappa shape index (κ3) is 11.6. The van der Waals surface area contributed by atoms with Gasteiger partial charge in [0.25, 0.3) is 5.91 Å². The molecule has 54 heavy (non-hydrogen) atoms. The maximum atomic E-state index is 13.2. The Bertz CT molecular complexity index is 1690. The van der Waals surface area contributed by atoms with Gasteiger partial charge in [0.2, 0.25) is 5.91 Å². The third-order valence-electron chi connectivity index (χ3n) is 9.67. The van der Waals surface area contributed by atoms with Crippen LogP contribution in [0.25, 0.3) is 11.1 Å². The summed E-state index contributed by atoms with van der Waals surface area (Å²) in [6.45, 7) is 1.90. The summed E-state index contributed by atoms with van der Waals surface area (Å²) in [7, 11) is 0. The van der Waals surface area contributed by atoms with Crippen molar-refractivity contribution in [3.05, 3.63) is 77.1 Å². The number of para-hydroxylation sites is 1. The first-order valence-electron chi connectivity index (χ1n) is 18.6. The number of pyridine rings is 1. The number of amides is 2. The zero-order valence-electron chi connectivity index (χ0n) is 30.6. The number of nitrogens with one attached hydrogen (secondary N) is 1. The SMILES string of the molecule is CC(=O)NCCCCN(CCCCSc1ccc(Cl)c(COC2(c3cnccc3-c3ccccc3OC3CC3)CC2)c1)C(=O)C(O)C(O)C(O)C(O)CO. The molecule has 12 nitrogen and oxygen atoms in total. The highest BCUT2D eigenvalue weighted by Gasteiger charge is 2.48. The molecule has 2 amide bonds. The number of aliphatic hydroxyl groups excluding tert-OH is 5. The molecule has 2 saturated carbocycles. The van der Waals surface area contributed by atoms with E-state index in [1.54, 1.807) is 18.0 Å². The normalized spacial score (nSPS) is 16.9. The molecule has 2 aliphatic carbocycles. The van der Waals surface area contributed by atoms with E-state index in [1.807, 2.05) is 48.7 Å². The number of unbranched alkanes of at least 4 members (excludes halogenated alkanes) is 2. The van der Waals surface area contributed by atoms with Gasteiger partial charge < -0.3 is 45.2 Å². The lowest BCUT2D eigenvalue weighted by Gasteiger charge is -2.30. The number of benzene rings is 2. The molecule has 3 aromatic rings. The van der Waals surface area contributed by atoms with Crippen LogP contribution in [0, 0.1) is 0 Å². The Morgan fingerprint density at radius 3 is 2.44 bits per heavy atom. The topological polar surface area (TPSA) is 182 Å². The minimum absolute atomic E-state index is 0.155. The molecule has 1 aromatic heterocycles. The summed E-state index contributed by atoms with van der Waals surface area (Å²) in [6.07, 6.45) is 2.77. The number of hydrogen-bond acceptors (Lipinski definition) is 11. The quantitative estimate of drug-likeness (QED) is 0.0599. The van der Waals surface area contributed by atoms with E-state index in [0.29, 0.717) is 37.4 Å². The molecule has 2 aromatic carbocycles. The smallest absolute Gasteiger partial charge is 0.254 e. The molecule has 4 unspecified atom stereocenters. The molecule has 1 heterocycles. The van der Waals surface area contributed by atoms with Gasteiger partial charge in [-0.15, -0.1) is 11.8 Å². The first-order chi connectivity index (χ1) is 26.0. The summed E-state index contributed by atoms with van der Waals surface area (Å²) in [6, 6.07) is 16.0. The van der Waals surface area contributed by atoms with Crippen LogP contribution in [0.5, 0.6) is 5.75 Å². The monoisotopic (exact) mass is 785 g/mol. The van der Waals surface area contributed by atoms with E-state index in [9.17, 15) is 30.0 Å². The van der Waals surface area contributed by atoms with Crippen molar-refractivity contribution < 1.29 is 44.6 Å². The summed E-state index contributed by atoms with van der Waals surface area (Å²) in [4.78, 5) is 31.3. The molecule has 14 heteroatoms. The first kappa shape index (κ1) is 41.9. The summed E-state index contributed by atoms with van der Waals surface area (Å²) in [5, 5.41) is 53.0. The predicted molar refractivity (Wildman–Crippen MR) is 206 cm³/mol. The molecule has 6 N–H and O–H groups in total. The van der Waals surface area contributed by atoms with Crippen molar-refractivity contribution in [2.45, 2.75) is 106 Å². The Hall–Kier alpha value is -3.27. The fourth-order valence-corrected chi connectivity index (χ4v) is 7.34. The van der Waals surface area contributed by atoms with Crippen LogP contribution in [0.2, 0.25) is 5.02 Å². The van der Waals surface area contributed by atoms with E-state index >= 15 is 0 Å². The zero-order valence-corrected chi connectivity index (χ0v) is 32.2. The fourth-order valence-electron chi connectivity index (χ4n) is 6.20. The number of aliphatic hydroxyl groups is 5. The van der Waals surface area contributed by atoms with Crippen LogP contribution >= 0.6 is 23.4 Å². The largest absolute Gasteiger partial charge is 0.490 e. The summed E-state index contributed by atoms with van der Waals surface area (Å²) >= 11 is 8.31. The van der Waals surface area contributed by atoms with Gasteiger partial charge in [-0.2, -0.15) is 0 Å². The standard InChI is InChI=1S/C40H52ClN3O9S/c1-26(46)43-17-4-5-19-44(39(51)38(50)37(49)36(48)34(47)24-45)20-6-7-21-54-29-12-13-33(41)27(22-29)25-52-40(15-16-40)32-23-42-18-14-30(32)31-8-2-3-9-35(31)53-28-10-11-28/h2-3,8-9,12-14,18,22-23,28,34,36-38,45,47-50H,4-7,10-11,15-17,19-21,24-25H2,1H3,(H,43,46). The molecule has 0 saturated heterocycles. The highest BCUT2D eigenvalue weighted by Crippen LogP contribution is 2.53. The van der Waals surface area contributed by atoms with Crippen molar-refractivity contribution in [2.24, 2.45) is 0 Å². The molecule has 5 rings (SSSR count). The minimum Gasteiger partial charge on any atom is -0.490 e. The maximum Gasteiger partial charge on any atom is 0.254 e. The fraction of sp³-hybridized carbons (Fsp3) is 0.525. The lowest BCUT2D eigenvalue weighted by atomic mass is 9.96. The van der Waals surface area contributed by atoms with E-state index in [-0.39, 0.29) is 25.1 Å². The van der Waals surface area contributed by atoms with Crippen LogP contribution in [0.3, 0.4) is 0 Å². The summed E-state index contributed by atoms with van der Waals surface area (Å²) < 4.78 is 12.9. The van der Waals surface area contributed by atoms with Gasteiger partial charge in [0.15, 0.2) is 6.10 Å². The van der Waals surface area contributed by atoms with Crippen LogP contribution in [0.4, 0.5) is 0 Å². The Morgan fingerprint density at radius 1 is 1.00 bits per heavy atom. The van der Waals surface area contributed by atoms with Gasteiger partial charge in [-0.1, -0.05) is 29.8 Å². The molecule has 2 aliphatic rings. The molecule has 0 bridgehead atoms. The number of halogens is 1. The van der Waals surface area contributed by atoms with Crippen molar-refractivity contribution in [2.75, 3.05) is 32.0 Å². The number of carbonyl (C=O) groups excluding carboxylic acids is 2. The molecule has 2 fully saturated rings. The Labute approximate surface area is 325 Å². The molecule has 0 radical (unpaired) electrons. The predicted octanol–water partition coefficient (Wildman–Crippen LogP) is 4.20. The van der Waals surface area contributed by atoms with E-state index < -0.39 is 42.5 Å². The number of nitrogens with zero attached hydrogens (tertiary/aromatic N) is 2. The highest BCUT2D eigenvalue weighted by molar-refractivity contribution is 7.99. The average Bonchev–Trinajstić information content (AvgIpc) is 4.13. The first-order valence-corrected chi connectivity index (χ1v) is 20.0. The number of thioether (sulfide) groups is 1. The molecular formula is C40H52ClN3O9S. The Kier molecular flexibility index (Phi) is 15.6. The second-order valence-electron chi connectivity index (χ2n) is 14.0. The van der Waals surface area contributed by atoms with E-state index in [2.05, 4.69) is 16.4 Å². The number of aromatic nitrogens is 1. The van der Waals surface area contributed by atoms with Crippen LogP contribution < -0.4 is 10.1 Å². The lowest BCUT2D eigenvalue weighted by Crippen LogP contribution is -2.53. The van der Waals surface area contributed by atoms with Crippen molar-refractivity contribution in [3.63, 3.8) is 0 Å². The van der Waals surface area contributed by atoms with E-state index in [0.717, 1.165) is 70.8 Å². The Morgan fingerprint density at radius 2 is 1.74 bits per heavy atom. The minimum atomic E-state index is -1.99. The second-order valence-corrected chi connectivity index (χ2v) is 15.6. The molecular weight excluding hydrogens is 734 g/mol. The lowest BCUT2D eigenvalue weighted by molar-refractivity contribution is -0.158. The van der Waals surface area contributed by atoms with E-state index in [1.165, 1.54) is 11.8 Å². The van der Waals surface area contributed by atoms with Gasteiger partial charge in [0.1, 0.15) is 24.1 Å². The number of hydrogen-bond donors (Lipinski definition) is 6. The molecule has 0 spiro atoms. The van der Waals surface area contributed by atoms with Crippen LogP contribution in [0.15, 0.2) is 65.8 Å². The van der Waals surface area contributed by atoms with Gasteiger partial charge in [0, 0.05) is 60.0 Å². The van der Waals surface area contributed by atoms with Crippen LogP contribution in [0.1, 0.15) is 69.4 Å². The van der Waals surface area contributed by atoms with E-state index in [4.69, 9.17) is 26.2 Å². The molecule has 294 valence electrons. The van der Waals surface area contributed by atoms with Gasteiger partial charge in [-0.05, 0) is 98.6 Å². The van der Waals surface area contributed by atoms with Crippen molar-refractivity contribution in [1.29, 1.82) is 0 Å². The van der Waals surface area contributed by atoms with Crippen LogP contribution in [-0.4, -0.2) is 110 Å². The maximum absolute atomic E-state index is 13.2. The molecule has 4 atom stereocenters. The van der Waals surface area contributed by atoms with Crippen molar-refractivity contribution in [3.8, 4) is 16.9 Å². The Balaban J connectivity index is 1.15. The summed E-state index contributed by atoms with van der Waals surface area (Å²) in [5.41, 5.74) is 3.56. The highest BCUT2D eigenvalue weighted by atomic mass is 35.5. The average molecular weight is 786 g/mol. The van der Waals surface area contributed by atoms with Crippen LogP contribution in [-0.2, 0) is 26.5 Å². The number of ether oxygens (including phenoxy) is 2. The van der Waals surface area contributed by atoms with Gasteiger partial charge in [-0.25, -0.2) is 0 Å². The number of carbonyl (C=O) groups is 2. The summed E-state index contributed by atoms with van der Waals surface area (Å²) in [5.74, 6) is 0.673. The zero-order chi connectivity index (χ0) is 38.7. The van der Waals surface area contributed by atoms with Gasteiger partial charge >= 0.3 is 0 Å². The van der Waals surface area contributed by atoms with Crippen molar-refractivity contribution >= 4 is 35.2 Å². The third-order valence-corrected chi connectivity index (χ3v) is 11.1. The number of rotatable bonds is 23. The van der Waals surface area contributed by atoms with Gasteiger partial charge in [-0.3, -0.25) is 14.6 Å². The molecule has 0 aliphatic heterocycles. The van der Waals surface area contributed by atoms with Gasteiger partial charge in [0.05, 0.1) is 24.9 Å². The second kappa shape index (κ2) is 20.1.